The van der Waals surface area contributed by atoms with Crippen LogP contribution in [0.25, 0.3) is 0 Å². The largest absolute Gasteiger partial charge is 0.490 e. The second kappa shape index (κ2) is 25.0. The van der Waals surface area contributed by atoms with Gasteiger partial charge >= 0.3 is 0 Å². The van der Waals surface area contributed by atoms with E-state index in [2.05, 4.69) is 48.0 Å². The van der Waals surface area contributed by atoms with E-state index in [0.717, 1.165) is 0 Å². The first kappa shape index (κ1) is 44.1. The second-order valence-corrected chi connectivity index (χ2v) is 17.1. The van der Waals surface area contributed by atoms with E-state index in [0.29, 0.717) is 30.8 Å². The highest BCUT2D eigenvalue weighted by Gasteiger charge is 2.37. The van der Waals surface area contributed by atoms with E-state index < -0.39 is 28.7 Å². The molecule has 0 spiro atoms. The molecule has 279 valence electrons. The molecule has 5 atom stereocenters. The Morgan fingerprint density at radius 3 is 2.72 bits per heavy atom. The van der Waals surface area contributed by atoms with Crippen molar-refractivity contribution in [2.45, 2.75) is 61.0 Å². The van der Waals surface area contributed by atoms with Crippen molar-refractivity contribution in [3.8, 4) is 17.5 Å². The van der Waals surface area contributed by atoms with Crippen LogP contribution in [-0.2, 0) is 28.6 Å². The zero-order valence-electron chi connectivity index (χ0n) is 28.5. The van der Waals surface area contributed by atoms with Gasteiger partial charge in [0, 0.05) is 29.4 Å². The Hall–Kier alpha value is -2.06. The van der Waals surface area contributed by atoms with Gasteiger partial charge in [-0.15, -0.1) is 10.1 Å². The number of aliphatic hydroxyl groups excluding tert-OH is 1. The first-order valence-electron chi connectivity index (χ1n) is 15.7. The van der Waals surface area contributed by atoms with Gasteiger partial charge in [0.15, 0.2) is 0 Å². The minimum absolute atomic E-state index is 0.0142. The van der Waals surface area contributed by atoms with Gasteiger partial charge in [-0.05, 0) is 30.9 Å². The normalized spacial score (nSPS) is 18.3. The van der Waals surface area contributed by atoms with Gasteiger partial charge < -0.3 is 50.0 Å². The lowest BCUT2D eigenvalue weighted by atomic mass is 9.71. The molecule has 1 fully saturated rings. The van der Waals surface area contributed by atoms with Crippen molar-refractivity contribution in [2.24, 2.45) is 5.73 Å². The first-order chi connectivity index (χ1) is 23.9. The molecular weight excluding hydrogens is 731 g/mol. The van der Waals surface area contributed by atoms with Crippen LogP contribution in [-0.4, -0.2) is 129 Å². The summed E-state index contributed by atoms with van der Waals surface area (Å²) in [6.07, 6.45) is 1.10. The SMILES string of the molecule is CSS[C@@H](CO[N+](=O)[O-])O[C@@H]1C[C@H]([B]C#CCNC(=O)COCCOC(COc2cccc(C(=O)NCCN)c2)SSC(C)(C)C)OC1CO. The lowest BCUT2D eigenvalue weighted by Crippen LogP contribution is -2.32. The van der Waals surface area contributed by atoms with Crippen molar-refractivity contribution < 1.29 is 48.3 Å². The second-order valence-electron chi connectivity index (χ2n) is 11.3. The third-order valence-corrected chi connectivity index (χ3v) is 11.5. The van der Waals surface area contributed by atoms with E-state index in [1.807, 2.05) is 6.26 Å². The molecule has 1 saturated heterocycles. The number of amides is 2. The molecule has 1 radical (unpaired) electrons. The standard InChI is InChI=1S/C30H46BN4O11S4/c1-30(2,3)50-49-27(19-43-22-8-5-7-21(15-22)29(38)34-12-10-32)42-14-13-41-18-26(37)33-11-6-9-31-25-16-23(24(17-36)45-25)46-28(48-47-4)20-44-35(39)40/h5,7-8,15,23-25,27-28,36H,10-14,16-20,32H2,1-4H3,(H,33,37)(H,34,38)/t23-,24?,25-,27?,28+/m1/s1. The number of aliphatic hydroxyl groups is 1. The summed E-state index contributed by atoms with van der Waals surface area (Å²) in [4.78, 5) is 39.4. The molecule has 50 heavy (non-hydrogen) atoms. The summed E-state index contributed by atoms with van der Waals surface area (Å²) < 4.78 is 29.0. The van der Waals surface area contributed by atoms with Crippen LogP contribution in [0.4, 0.5) is 0 Å². The summed E-state index contributed by atoms with van der Waals surface area (Å²) in [6.45, 7) is 7.05. The van der Waals surface area contributed by atoms with Crippen molar-refractivity contribution in [3.05, 3.63) is 39.9 Å². The fraction of sp³-hybridized carbons (Fsp3) is 0.667. The molecule has 2 amide bonds. The van der Waals surface area contributed by atoms with Crippen molar-refractivity contribution in [1.29, 1.82) is 0 Å². The van der Waals surface area contributed by atoms with E-state index in [1.165, 1.54) is 32.4 Å². The zero-order chi connectivity index (χ0) is 36.8. The maximum Gasteiger partial charge on any atom is 0.294 e. The van der Waals surface area contributed by atoms with Crippen molar-refractivity contribution >= 4 is 62.3 Å². The Morgan fingerprint density at radius 1 is 1.22 bits per heavy atom. The van der Waals surface area contributed by atoms with Gasteiger partial charge in [0.05, 0.1) is 32.5 Å². The molecule has 0 aromatic heterocycles. The van der Waals surface area contributed by atoms with Gasteiger partial charge in [0.25, 0.3) is 18.3 Å². The monoisotopic (exact) mass is 777 g/mol. The zero-order valence-corrected chi connectivity index (χ0v) is 31.8. The molecule has 15 nitrogen and oxygen atoms in total. The Labute approximate surface area is 309 Å². The fourth-order valence-corrected chi connectivity index (χ4v) is 7.61. The minimum atomic E-state index is -0.877. The van der Waals surface area contributed by atoms with Crippen molar-refractivity contribution in [2.75, 3.05) is 65.5 Å². The molecule has 1 aromatic rings. The third-order valence-electron chi connectivity index (χ3n) is 6.08. The number of nitrogens with two attached hydrogens (primary N) is 1. The highest BCUT2D eigenvalue weighted by molar-refractivity contribution is 8.77. The van der Waals surface area contributed by atoms with E-state index >= 15 is 0 Å². The summed E-state index contributed by atoms with van der Waals surface area (Å²) >= 11 is 0. The van der Waals surface area contributed by atoms with Gasteiger partial charge in [-0.25, -0.2) is 0 Å². The van der Waals surface area contributed by atoms with Crippen LogP contribution < -0.4 is 21.1 Å². The Bertz CT molecular complexity index is 1240. The van der Waals surface area contributed by atoms with E-state index in [4.69, 9.17) is 29.4 Å². The summed E-state index contributed by atoms with van der Waals surface area (Å²) in [5, 5.41) is 24.8. The maximum absolute atomic E-state index is 12.3. The molecule has 2 unspecified atom stereocenters. The average Bonchev–Trinajstić information content (AvgIpc) is 3.47. The number of carbonyl (C=O) groups is 2. The number of nitrogens with zero attached hydrogens (tertiary/aromatic N) is 1. The minimum Gasteiger partial charge on any atom is -0.490 e. The van der Waals surface area contributed by atoms with Crippen molar-refractivity contribution in [1.82, 2.24) is 10.6 Å². The van der Waals surface area contributed by atoms with Crippen LogP contribution in [0.15, 0.2) is 24.3 Å². The van der Waals surface area contributed by atoms with Crippen LogP contribution in [0.5, 0.6) is 5.75 Å². The lowest BCUT2D eigenvalue weighted by Gasteiger charge is -2.22. The van der Waals surface area contributed by atoms with Gasteiger partial charge in [-0.1, -0.05) is 75.9 Å². The van der Waals surface area contributed by atoms with Crippen molar-refractivity contribution in [3.63, 3.8) is 0 Å². The molecule has 1 aliphatic heterocycles. The number of nitrogens with one attached hydrogen (secondary N) is 2. The van der Waals surface area contributed by atoms with E-state index in [9.17, 15) is 24.8 Å². The Kier molecular flexibility index (Phi) is 22.1. The summed E-state index contributed by atoms with van der Waals surface area (Å²) in [5.74, 6) is 5.63. The summed E-state index contributed by atoms with van der Waals surface area (Å²) in [6, 6.07) is 6.46. The van der Waals surface area contributed by atoms with E-state index in [-0.39, 0.29) is 68.2 Å². The molecule has 0 saturated carbocycles. The van der Waals surface area contributed by atoms with Crippen LogP contribution in [0, 0.1) is 21.9 Å². The average molecular weight is 778 g/mol. The molecular formula is C30H46BN4O11S4. The predicted octanol–water partition coefficient (Wildman–Crippen LogP) is 2.11. The lowest BCUT2D eigenvalue weighted by molar-refractivity contribution is -0.758. The molecule has 0 aliphatic carbocycles. The van der Waals surface area contributed by atoms with Crippen LogP contribution >= 0.6 is 43.2 Å². The molecule has 1 heterocycles. The predicted molar refractivity (Wildman–Crippen MR) is 198 cm³/mol. The van der Waals surface area contributed by atoms with E-state index in [1.54, 1.807) is 42.3 Å². The highest BCUT2D eigenvalue weighted by Crippen LogP contribution is 2.38. The summed E-state index contributed by atoms with van der Waals surface area (Å²) in [7, 11) is 7.45. The topological polar surface area (TPSA) is 203 Å². The third kappa shape index (κ3) is 19.5. The molecule has 20 heteroatoms. The van der Waals surface area contributed by atoms with Crippen LogP contribution in [0.3, 0.4) is 0 Å². The first-order valence-corrected chi connectivity index (χ1v) is 20.5. The summed E-state index contributed by atoms with van der Waals surface area (Å²) in [5.41, 5.74) is 4.98. The maximum atomic E-state index is 12.3. The molecule has 5 N–H and O–H groups in total. The highest BCUT2D eigenvalue weighted by atomic mass is 33.1. The molecule has 2 rings (SSSR count). The molecule has 1 aromatic carbocycles. The van der Waals surface area contributed by atoms with Gasteiger partial charge in [-0.3, -0.25) is 9.59 Å². The number of rotatable bonds is 24. The van der Waals surface area contributed by atoms with Crippen LogP contribution in [0.2, 0.25) is 0 Å². The van der Waals surface area contributed by atoms with Gasteiger partial charge in [-0.2, -0.15) is 5.82 Å². The number of ether oxygens (including phenoxy) is 5. The van der Waals surface area contributed by atoms with Gasteiger partial charge in [0.1, 0.15) is 42.5 Å². The molecule has 1 aliphatic rings. The number of hydrogen-bond donors (Lipinski definition) is 4. The van der Waals surface area contributed by atoms with Gasteiger partial charge in [0.2, 0.25) is 5.91 Å². The fourth-order valence-electron chi connectivity index (χ4n) is 3.95. The Balaban J connectivity index is 1.70. The quantitative estimate of drug-likeness (QED) is 0.0226. The number of carbonyl (C=O) groups excluding carboxylic acids is 2. The smallest absolute Gasteiger partial charge is 0.294 e. The number of benzene rings is 1. The Morgan fingerprint density at radius 2 is 2.02 bits per heavy atom. The molecule has 0 bridgehead atoms. The number of hydrogen-bond acceptors (Lipinski definition) is 16. The van der Waals surface area contributed by atoms with Crippen LogP contribution in [0.1, 0.15) is 37.6 Å².